The van der Waals surface area contributed by atoms with Crippen molar-refractivity contribution >= 4 is 37.5 Å². The van der Waals surface area contributed by atoms with Crippen molar-refractivity contribution in [3.63, 3.8) is 0 Å². The predicted octanol–water partition coefficient (Wildman–Crippen LogP) is 4.03. The number of amides is 1. The summed E-state index contributed by atoms with van der Waals surface area (Å²) in [6.07, 6.45) is 2.02. The van der Waals surface area contributed by atoms with Crippen molar-refractivity contribution in [2.75, 3.05) is 18.5 Å². The summed E-state index contributed by atoms with van der Waals surface area (Å²) < 4.78 is 33.9. The first-order chi connectivity index (χ1) is 13.4. The van der Waals surface area contributed by atoms with Crippen molar-refractivity contribution in [2.45, 2.75) is 37.1 Å². The lowest BCUT2D eigenvalue weighted by Crippen LogP contribution is -2.49. The number of hydrogen-bond donors (Lipinski definition) is 1. The van der Waals surface area contributed by atoms with Gasteiger partial charge in [0.05, 0.1) is 17.2 Å². The summed E-state index contributed by atoms with van der Waals surface area (Å²) in [5.41, 5.74) is 0.543. The van der Waals surface area contributed by atoms with Crippen LogP contribution in [0.5, 0.6) is 5.75 Å². The lowest BCUT2D eigenvalue weighted by molar-refractivity contribution is -0.120. The maximum Gasteiger partial charge on any atom is 0.243 e. The Balaban J connectivity index is 1.85. The van der Waals surface area contributed by atoms with Crippen LogP contribution in [-0.2, 0) is 14.8 Å². The second-order valence-electron chi connectivity index (χ2n) is 6.50. The molecule has 0 aliphatic carbocycles. The van der Waals surface area contributed by atoms with Gasteiger partial charge in [-0.25, -0.2) is 8.42 Å². The number of nitrogens with one attached hydrogen (secondary N) is 1. The lowest BCUT2D eigenvalue weighted by Gasteiger charge is -2.33. The van der Waals surface area contributed by atoms with Crippen LogP contribution in [-0.4, -0.2) is 37.8 Å². The number of anilines is 1. The highest BCUT2D eigenvalue weighted by molar-refractivity contribution is 9.10. The molecule has 8 heteroatoms. The molecule has 28 heavy (non-hydrogen) atoms. The van der Waals surface area contributed by atoms with E-state index >= 15 is 0 Å². The van der Waals surface area contributed by atoms with E-state index in [-0.39, 0.29) is 10.8 Å². The van der Waals surface area contributed by atoms with E-state index in [9.17, 15) is 13.2 Å². The molecule has 0 bridgehead atoms. The smallest absolute Gasteiger partial charge is 0.243 e. The molecule has 3 rings (SSSR count). The van der Waals surface area contributed by atoms with Crippen molar-refractivity contribution in [1.82, 2.24) is 4.31 Å². The van der Waals surface area contributed by atoms with Gasteiger partial charge in [0.15, 0.2) is 0 Å². The van der Waals surface area contributed by atoms with Crippen LogP contribution in [0.3, 0.4) is 0 Å². The summed E-state index contributed by atoms with van der Waals surface area (Å²) in [6, 6.07) is 12.9. The Morgan fingerprint density at radius 1 is 1.18 bits per heavy atom. The van der Waals surface area contributed by atoms with E-state index in [1.54, 1.807) is 42.5 Å². The van der Waals surface area contributed by atoms with E-state index in [4.69, 9.17) is 4.74 Å². The van der Waals surface area contributed by atoms with Gasteiger partial charge in [-0.05, 0) is 56.2 Å². The number of sulfonamides is 1. The van der Waals surface area contributed by atoms with Gasteiger partial charge in [-0.15, -0.1) is 0 Å². The van der Waals surface area contributed by atoms with Gasteiger partial charge in [0.25, 0.3) is 0 Å². The van der Waals surface area contributed by atoms with Crippen LogP contribution in [0.1, 0.15) is 26.2 Å². The summed E-state index contributed by atoms with van der Waals surface area (Å²) in [5, 5.41) is 2.85. The van der Waals surface area contributed by atoms with Crippen LogP contribution in [0.15, 0.2) is 57.9 Å². The number of para-hydroxylation sites is 2. The van der Waals surface area contributed by atoms with E-state index in [0.717, 1.165) is 17.3 Å². The highest BCUT2D eigenvalue weighted by Gasteiger charge is 2.37. The molecular formula is C20H23BrN2O4S. The van der Waals surface area contributed by atoms with Crippen molar-refractivity contribution < 1.29 is 17.9 Å². The zero-order valence-corrected chi connectivity index (χ0v) is 18.0. The molecule has 150 valence electrons. The Morgan fingerprint density at radius 3 is 2.61 bits per heavy atom. The number of benzene rings is 2. The Kier molecular flexibility index (Phi) is 6.74. The van der Waals surface area contributed by atoms with Crippen LogP contribution in [0.25, 0.3) is 0 Å². The fourth-order valence-electron chi connectivity index (χ4n) is 3.26. The van der Waals surface area contributed by atoms with Crippen LogP contribution in [0.4, 0.5) is 5.69 Å². The summed E-state index contributed by atoms with van der Waals surface area (Å²) in [7, 11) is -3.77. The molecule has 1 aliphatic rings. The van der Waals surface area contributed by atoms with Crippen LogP contribution in [0, 0.1) is 0 Å². The minimum atomic E-state index is -3.77. The minimum absolute atomic E-state index is 0.185. The first kappa shape index (κ1) is 20.8. The largest absolute Gasteiger partial charge is 0.492 e. The van der Waals surface area contributed by atoms with Crippen LogP contribution in [0.2, 0.25) is 0 Å². The highest BCUT2D eigenvalue weighted by atomic mass is 79.9. The maximum absolute atomic E-state index is 13.1. The van der Waals surface area contributed by atoms with Gasteiger partial charge >= 0.3 is 0 Å². The second kappa shape index (κ2) is 9.07. The predicted molar refractivity (Wildman–Crippen MR) is 112 cm³/mol. The van der Waals surface area contributed by atoms with E-state index in [2.05, 4.69) is 21.2 Å². The van der Waals surface area contributed by atoms with Gasteiger partial charge in [-0.3, -0.25) is 4.79 Å². The molecule has 1 aliphatic heterocycles. The van der Waals surface area contributed by atoms with Gasteiger partial charge in [0.1, 0.15) is 11.8 Å². The van der Waals surface area contributed by atoms with Crippen molar-refractivity contribution in [2.24, 2.45) is 0 Å². The number of rotatable bonds is 6. The Hall–Kier alpha value is -1.90. The quantitative estimate of drug-likeness (QED) is 0.696. The standard InChI is InChI=1S/C20H23BrN2O4S/c1-2-27-19-9-4-3-7-17(19)22-20(24)18-8-5-6-14-23(18)28(25,26)16-12-10-15(21)11-13-16/h3-4,7,9-13,18H,2,5-6,8,14H2,1H3,(H,22,24)/t18-/m1/s1. The average Bonchev–Trinajstić information content (AvgIpc) is 2.70. The highest BCUT2D eigenvalue weighted by Crippen LogP contribution is 2.29. The van der Waals surface area contributed by atoms with Gasteiger partial charge in [0.2, 0.25) is 15.9 Å². The van der Waals surface area contributed by atoms with Crippen LogP contribution >= 0.6 is 15.9 Å². The summed E-state index contributed by atoms with van der Waals surface area (Å²) in [4.78, 5) is 13.2. The zero-order valence-electron chi connectivity index (χ0n) is 15.6. The maximum atomic E-state index is 13.1. The molecule has 2 aromatic carbocycles. The Labute approximate surface area is 174 Å². The van der Waals surface area contributed by atoms with Crippen molar-refractivity contribution in [1.29, 1.82) is 0 Å². The third-order valence-corrected chi connectivity index (χ3v) is 7.07. The number of hydrogen-bond acceptors (Lipinski definition) is 4. The van der Waals surface area contributed by atoms with Gasteiger partial charge in [-0.2, -0.15) is 4.31 Å². The second-order valence-corrected chi connectivity index (χ2v) is 9.31. The Bertz CT molecular complexity index is 931. The summed E-state index contributed by atoms with van der Waals surface area (Å²) >= 11 is 3.32. The first-order valence-electron chi connectivity index (χ1n) is 9.23. The lowest BCUT2D eigenvalue weighted by atomic mass is 10.0. The molecule has 0 radical (unpaired) electrons. The SMILES string of the molecule is CCOc1ccccc1NC(=O)[C@H]1CCCCN1S(=O)(=O)c1ccc(Br)cc1. The topological polar surface area (TPSA) is 75.7 Å². The summed E-state index contributed by atoms with van der Waals surface area (Å²) in [5.74, 6) is 0.226. The molecule has 1 saturated heterocycles. The number of halogens is 1. The molecule has 1 N–H and O–H groups in total. The van der Waals surface area contributed by atoms with E-state index < -0.39 is 16.1 Å². The first-order valence-corrected chi connectivity index (χ1v) is 11.5. The number of carbonyl (C=O) groups excluding carboxylic acids is 1. The molecule has 0 saturated carbocycles. The van der Waals surface area contributed by atoms with Gasteiger partial charge in [-0.1, -0.05) is 34.5 Å². The fourth-order valence-corrected chi connectivity index (χ4v) is 5.18. The number of ether oxygens (including phenoxy) is 1. The zero-order chi connectivity index (χ0) is 20.1. The minimum Gasteiger partial charge on any atom is -0.492 e. The van der Waals surface area contributed by atoms with Crippen molar-refractivity contribution in [3.8, 4) is 5.75 Å². The third kappa shape index (κ3) is 4.56. The number of carbonyl (C=O) groups is 1. The van der Waals surface area contributed by atoms with E-state index in [1.165, 1.54) is 4.31 Å². The molecule has 1 fully saturated rings. The number of piperidine rings is 1. The normalized spacial score (nSPS) is 17.9. The molecule has 1 amide bonds. The fraction of sp³-hybridized carbons (Fsp3) is 0.350. The molecule has 1 atom stereocenters. The van der Waals surface area contributed by atoms with E-state index in [0.29, 0.717) is 31.0 Å². The molecule has 1 heterocycles. The molecule has 0 aromatic heterocycles. The van der Waals surface area contributed by atoms with Crippen LogP contribution < -0.4 is 10.1 Å². The summed E-state index contributed by atoms with van der Waals surface area (Å²) in [6.45, 7) is 2.66. The molecule has 0 spiro atoms. The molecule has 0 unspecified atom stereocenters. The van der Waals surface area contributed by atoms with Crippen molar-refractivity contribution in [3.05, 3.63) is 53.0 Å². The molecule has 6 nitrogen and oxygen atoms in total. The van der Waals surface area contributed by atoms with Gasteiger partial charge in [0, 0.05) is 11.0 Å². The number of nitrogens with zero attached hydrogens (tertiary/aromatic N) is 1. The monoisotopic (exact) mass is 466 g/mol. The molecule has 2 aromatic rings. The van der Waals surface area contributed by atoms with E-state index in [1.807, 2.05) is 13.0 Å². The molecular weight excluding hydrogens is 444 g/mol. The van der Waals surface area contributed by atoms with Gasteiger partial charge < -0.3 is 10.1 Å². The Morgan fingerprint density at radius 2 is 1.89 bits per heavy atom. The average molecular weight is 467 g/mol. The third-order valence-electron chi connectivity index (χ3n) is 4.62.